The van der Waals surface area contributed by atoms with Gasteiger partial charge in [-0.15, -0.1) is 0 Å². The molecule has 6 N–H and O–H groups in total. The Balaban J connectivity index is 1.56. The molecule has 0 saturated heterocycles. The van der Waals surface area contributed by atoms with Gasteiger partial charge in [-0.2, -0.15) is 15.1 Å². The minimum atomic E-state index is -4.21. The van der Waals surface area contributed by atoms with Gasteiger partial charge in [-0.1, -0.05) is 25.1 Å². The Morgan fingerprint density at radius 3 is 2.59 bits per heavy atom. The molecule has 1 aliphatic rings. The number of aliphatic hydroxyl groups is 1. The Morgan fingerprint density at radius 2 is 1.92 bits per heavy atom. The van der Waals surface area contributed by atoms with Gasteiger partial charge in [0.1, 0.15) is 23.5 Å². The third-order valence-corrected chi connectivity index (χ3v) is 8.20. The molecule has 4 rings (SSSR count). The number of hydrogen-bond acceptors (Lipinski definition) is 11. The molecule has 212 valence electrons. The summed E-state index contributed by atoms with van der Waals surface area (Å²) in [5, 5.41) is 13.4. The van der Waals surface area contributed by atoms with E-state index in [-0.39, 0.29) is 41.4 Å². The van der Waals surface area contributed by atoms with Crippen molar-refractivity contribution in [2.75, 3.05) is 18.1 Å². The Kier molecular flexibility index (Phi) is 8.40. The number of halogens is 1. The van der Waals surface area contributed by atoms with E-state index in [0.29, 0.717) is 0 Å². The molecule has 2 aromatic heterocycles. The maximum atomic E-state index is 15.5. The first kappa shape index (κ1) is 28.7. The number of ether oxygens (including phenoxy) is 1. The fraction of sp³-hybridized carbons (Fsp3) is 0.500. The van der Waals surface area contributed by atoms with Crippen LogP contribution in [0.15, 0.2) is 36.7 Å². The minimum Gasteiger partial charge on any atom is -0.462 e. The molecule has 0 bridgehead atoms. The summed E-state index contributed by atoms with van der Waals surface area (Å²) in [6.07, 6.45) is -2.25. The second-order valence-corrected chi connectivity index (χ2v) is 11.5. The van der Waals surface area contributed by atoms with Gasteiger partial charge in [0.05, 0.1) is 31.2 Å². The lowest BCUT2D eigenvalue weighted by Gasteiger charge is -2.26. The van der Waals surface area contributed by atoms with E-state index in [0.717, 1.165) is 0 Å². The van der Waals surface area contributed by atoms with E-state index in [9.17, 15) is 14.5 Å². The van der Waals surface area contributed by atoms with Crippen LogP contribution in [0.5, 0.6) is 5.75 Å². The summed E-state index contributed by atoms with van der Waals surface area (Å²) in [5.41, 5.74) is 12.1. The molecule has 0 amide bonds. The molecule has 15 heteroatoms. The number of carbonyl (C=O) groups is 1. The summed E-state index contributed by atoms with van der Waals surface area (Å²) in [4.78, 5) is 24.6. The molecular weight excluding hydrogens is 532 g/mol. The molecule has 0 unspecified atom stereocenters. The number of nitrogens with zero attached hydrogens (tertiary/aromatic N) is 4. The number of alkyl halides is 1. The van der Waals surface area contributed by atoms with Crippen molar-refractivity contribution >= 4 is 36.6 Å². The van der Waals surface area contributed by atoms with Gasteiger partial charge in [0.25, 0.3) is 0 Å². The number of anilines is 2. The second kappa shape index (κ2) is 11.4. The van der Waals surface area contributed by atoms with E-state index in [1.807, 2.05) is 0 Å². The number of para-hydroxylation sites is 1. The number of carbonyl (C=O) groups excluding carboxylic acids is 1. The zero-order valence-electron chi connectivity index (χ0n) is 22.0. The van der Waals surface area contributed by atoms with Gasteiger partial charge in [0.15, 0.2) is 11.5 Å². The van der Waals surface area contributed by atoms with Crippen LogP contribution >= 0.6 is 7.75 Å². The molecule has 0 aliphatic heterocycles. The van der Waals surface area contributed by atoms with Gasteiger partial charge in [0.2, 0.25) is 5.95 Å². The standard InChI is InChI=1S/C24H33FN7O6P/c1-12(2)37-23(34)14(4)31-39(35,38-15-8-6-5-7-9-15)36-10-16-13(3)19(17(25)20(16)33)32-11-28-18-21(26)29-24(27)30-22(18)32/h5-9,11-14,16-17,19-20,33H,10H2,1-4H3,(H,31,35)(H4,26,27,29,30)/t13-,14+,16+,17-,19-,20-,39+/m1/s1. The lowest BCUT2D eigenvalue weighted by molar-refractivity contribution is -0.149. The van der Waals surface area contributed by atoms with Gasteiger partial charge in [0, 0.05) is 5.92 Å². The van der Waals surface area contributed by atoms with E-state index in [1.165, 1.54) is 17.8 Å². The largest absolute Gasteiger partial charge is 0.462 e. The van der Waals surface area contributed by atoms with Crippen molar-refractivity contribution in [3.05, 3.63) is 36.7 Å². The number of imidazole rings is 1. The van der Waals surface area contributed by atoms with Gasteiger partial charge in [-0.25, -0.2) is 13.9 Å². The van der Waals surface area contributed by atoms with E-state index >= 15 is 4.39 Å². The van der Waals surface area contributed by atoms with Crippen molar-refractivity contribution in [1.29, 1.82) is 0 Å². The van der Waals surface area contributed by atoms with Crippen molar-refractivity contribution in [3.63, 3.8) is 0 Å². The minimum absolute atomic E-state index is 0.0490. The van der Waals surface area contributed by atoms with Crippen LogP contribution in [0.1, 0.15) is 33.7 Å². The van der Waals surface area contributed by atoms with Gasteiger partial charge < -0.3 is 30.4 Å². The zero-order valence-corrected chi connectivity index (χ0v) is 22.9. The highest BCUT2D eigenvalue weighted by Crippen LogP contribution is 2.49. The number of aliphatic hydroxyl groups excluding tert-OH is 1. The monoisotopic (exact) mass is 565 g/mol. The first-order valence-corrected chi connectivity index (χ1v) is 14.0. The topological polar surface area (TPSA) is 190 Å². The first-order valence-electron chi connectivity index (χ1n) is 12.5. The number of aromatic nitrogens is 4. The lowest BCUT2D eigenvalue weighted by Crippen LogP contribution is -2.37. The average Bonchev–Trinajstić information content (AvgIpc) is 3.36. The molecule has 1 aromatic carbocycles. The van der Waals surface area contributed by atoms with Crippen LogP contribution in [0.25, 0.3) is 11.2 Å². The van der Waals surface area contributed by atoms with Crippen LogP contribution in [0.2, 0.25) is 0 Å². The van der Waals surface area contributed by atoms with Crippen LogP contribution in [-0.2, 0) is 18.6 Å². The van der Waals surface area contributed by atoms with E-state index < -0.39 is 49.9 Å². The molecule has 0 spiro atoms. The van der Waals surface area contributed by atoms with Crippen molar-refractivity contribution in [1.82, 2.24) is 24.6 Å². The zero-order chi connectivity index (χ0) is 28.5. The van der Waals surface area contributed by atoms with E-state index in [4.69, 9.17) is 25.3 Å². The van der Waals surface area contributed by atoms with Crippen LogP contribution in [0.4, 0.5) is 16.2 Å². The lowest BCUT2D eigenvalue weighted by atomic mass is 9.95. The first-order chi connectivity index (χ1) is 18.4. The quantitative estimate of drug-likeness (QED) is 0.208. The molecule has 1 fully saturated rings. The summed E-state index contributed by atoms with van der Waals surface area (Å²) < 4.78 is 47.3. The van der Waals surface area contributed by atoms with Crippen LogP contribution in [0, 0.1) is 11.8 Å². The van der Waals surface area contributed by atoms with Crippen LogP contribution < -0.4 is 21.1 Å². The fourth-order valence-corrected chi connectivity index (χ4v) is 6.17. The van der Waals surface area contributed by atoms with Crippen molar-refractivity contribution < 1.29 is 32.6 Å². The highest BCUT2D eigenvalue weighted by atomic mass is 31.2. The number of hydrogen-bond donors (Lipinski definition) is 4. The molecule has 3 aromatic rings. The second-order valence-electron chi connectivity index (χ2n) is 9.77. The number of rotatable bonds is 10. The van der Waals surface area contributed by atoms with Gasteiger partial charge in [-0.3, -0.25) is 9.32 Å². The number of nitrogen functional groups attached to an aromatic ring is 2. The van der Waals surface area contributed by atoms with E-state index in [1.54, 1.807) is 51.1 Å². The summed E-state index contributed by atoms with van der Waals surface area (Å²) in [5.74, 6) is -1.84. The van der Waals surface area contributed by atoms with Crippen molar-refractivity contribution in [2.24, 2.45) is 11.8 Å². The normalized spacial score (nSPS) is 25.5. The number of nitrogens with two attached hydrogens (primary N) is 2. The molecule has 7 atom stereocenters. The predicted octanol–water partition coefficient (Wildman–Crippen LogP) is 2.63. The smallest absolute Gasteiger partial charge is 0.459 e. The molecule has 0 radical (unpaired) electrons. The van der Waals surface area contributed by atoms with Gasteiger partial charge in [-0.05, 0) is 38.8 Å². The number of esters is 1. The average molecular weight is 566 g/mol. The molecule has 2 heterocycles. The number of nitrogens with one attached hydrogen (secondary N) is 1. The fourth-order valence-electron chi connectivity index (χ4n) is 4.64. The molecular formula is C24H33FN7O6P. The maximum absolute atomic E-state index is 15.5. The highest BCUT2D eigenvalue weighted by molar-refractivity contribution is 7.52. The van der Waals surface area contributed by atoms with Crippen LogP contribution in [0.3, 0.4) is 0 Å². The SMILES string of the molecule is CC(C)OC(=O)[C@H](C)N[P@](=O)(OC[C@H]1[C@@H](C)[C@@H](n2cnc3c(N)nc(N)nc32)[C@@H](F)[C@@H]1O)Oc1ccccc1. The third-order valence-electron chi connectivity index (χ3n) is 6.56. The number of fused-ring (bicyclic) bond motifs is 1. The van der Waals surface area contributed by atoms with Crippen LogP contribution in [-0.4, -0.2) is 61.6 Å². The molecule has 1 saturated carbocycles. The predicted molar refractivity (Wildman–Crippen MR) is 141 cm³/mol. The van der Waals surface area contributed by atoms with Gasteiger partial charge >= 0.3 is 13.7 Å². The third kappa shape index (κ3) is 6.14. The van der Waals surface area contributed by atoms with Crippen molar-refractivity contribution in [3.8, 4) is 5.75 Å². The summed E-state index contributed by atoms with van der Waals surface area (Å²) in [6, 6.07) is 6.28. The maximum Gasteiger partial charge on any atom is 0.459 e. The molecule has 1 aliphatic carbocycles. The van der Waals surface area contributed by atoms with Crippen molar-refractivity contribution in [2.45, 2.75) is 58.2 Å². The molecule has 13 nitrogen and oxygen atoms in total. The Labute approximate surface area is 224 Å². The number of benzene rings is 1. The Hall–Kier alpha value is -3.32. The highest BCUT2D eigenvalue weighted by Gasteiger charge is 2.51. The summed E-state index contributed by atoms with van der Waals surface area (Å²) in [7, 11) is -4.21. The summed E-state index contributed by atoms with van der Waals surface area (Å²) in [6.45, 7) is 6.20. The molecule has 39 heavy (non-hydrogen) atoms. The Bertz CT molecular complexity index is 1360. The Morgan fingerprint density at radius 1 is 1.23 bits per heavy atom. The van der Waals surface area contributed by atoms with E-state index in [2.05, 4.69) is 20.0 Å². The summed E-state index contributed by atoms with van der Waals surface area (Å²) >= 11 is 0.